The topological polar surface area (TPSA) is 66.5 Å². The average molecular weight is 476 g/mol. The van der Waals surface area contributed by atoms with E-state index >= 15 is 0 Å². The van der Waals surface area contributed by atoms with Crippen molar-refractivity contribution in [3.8, 4) is 11.5 Å². The maximum Gasteiger partial charge on any atom is 0.223 e. The van der Waals surface area contributed by atoms with Gasteiger partial charge in [0.1, 0.15) is 18.7 Å². The summed E-state index contributed by atoms with van der Waals surface area (Å²) in [4.78, 5) is 15.1. The summed E-state index contributed by atoms with van der Waals surface area (Å²) in [5.41, 5.74) is 1.74. The predicted molar refractivity (Wildman–Crippen MR) is 128 cm³/mol. The lowest BCUT2D eigenvalue weighted by molar-refractivity contribution is -0.131. The number of fused-ring (bicyclic) bond motifs is 1. The monoisotopic (exact) mass is 475 g/mol. The van der Waals surface area contributed by atoms with Crippen LogP contribution >= 0.6 is 0 Å². The first-order chi connectivity index (χ1) is 15.7. The molecular weight excluding hydrogens is 438 g/mol. The van der Waals surface area contributed by atoms with Crippen molar-refractivity contribution >= 4 is 14.0 Å². The smallest absolute Gasteiger partial charge is 0.223 e. The summed E-state index contributed by atoms with van der Waals surface area (Å²) in [7, 11) is 3.82. The Bertz CT molecular complexity index is 926. The van der Waals surface area contributed by atoms with Gasteiger partial charge in [0.05, 0.1) is 26.9 Å². The lowest BCUT2D eigenvalue weighted by Crippen LogP contribution is -2.52. The van der Waals surface area contributed by atoms with E-state index in [2.05, 4.69) is 31.8 Å². The van der Waals surface area contributed by atoms with Crippen LogP contribution in [0.3, 0.4) is 0 Å². The first-order valence-electron chi connectivity index (χ1n) is 11.8. The number of benzene rings is 1. The number of hydrogen-bond donors (Lipinski definition) is 0. The highest BCUT2D eigenvalue weighted by Crippen LogP contribution is 2.55. The minimum absolute atomic E-state index is 0.0908. The summed E-state index contributed by atoms with van der Waals surface area (Å²) < 4.78 is 28.9. The minimum Gasteiger partial charge on any atom is -0.499 e. The second-order valence-corrected chi connectivity index (χ2v) is 16.0. The Hall–Kier alpha value is -2.03. The SMILES string of the molecule is COC1=C[C@@]23c4cc(OC)c(OC)cc4CCN2C(=O)CC3C[C@H]1OCOCC[Si](C)(C)C. The summed E-state index contributed by atoms with van der Waals surface area (Å²) in [6.07, 6.45) is 3.88. The van der Waals surface area contributed by atoms with Crippen LogP contribution in [0.2, 0.25) is 25.7 Å². The van der Waals surface area contributed by atoms with E-state index in [0.717, 1.165) is 23.8 Å². The molecule has 7 nitrogen and oxygen atoms in total. The van der Waals surface area contributed by atoms with Gasteiger partial charge in [0.25, 0.3) is 0 Å². The Morgan fingerprint density at radius 3 is 2.48 bits per heavy atom. The van der Waals surface area contributed by atoms with E-state index in [9.17, 15) is 4.79 Å². The third-order valence-corrected chi connectivity index (χ3v) is 8.90. The van der Waals surface area contributed by atoms with E-state index in [1.54, 1.807) is 21.3 Å². The summed E-state index contributed by atoms with van der Waals surface area (Å²) in [6.45, 7) is 8.62. The maximum absolute atomic E-state index is 13.1. The van der Waals surface area contributed by atoms with Crippen molar-refractivity contribution in [1.29, 1.82) is 0 Å². The fraction of sp³-hybridized carbons (Fsp3) is 0.640. The van der Waals surface area contributed by atoms with Crippen LogP contribution in [0.25, 0.3) is 0 Å². The van der Waals surface area contributed by atoms with E-state index in [1.807, 2.05) is 11.0 Å². The average Bonchev–Trinajstić information content (AvgIpc) is 3.07. The molecule has 2 aliphatic heterocycles. The van der Waals surface area contributed by atoms with Crippen molar-refractivity contribution in [2.75, 3.05) is 41.3 Å². The Kier molecular flexibility index (Phi) is 6.80. The Morgan fingerprint density at radius 1 is 1.09 bits per heavy atom. The van der Waals surface area contributed by atoms with Gasteiger partial charge in [-0.3, -0.25) is 4.79 Å². The molecule has 0 N–H and O–H groups in total. The van der Waals surface area contributed by atoms with E-state index in [1.165, 1.54) is 5.56 Å². The van der Waals surface area contributed by atoms with Crippen LogP contribution in [0.5, 0.6) is 11.5 Å². The van der Waals surface area contributed by atoms with Crippen molar-refractivity contribution < 1.29 is 28.5 Å². The molecular formula is C25H37NO6Si. The van der Waals surface area contributed by atoms with Gasteiger partial charge in [-0.2, -0.15) is 0 Å². The van der Waals surface area contributed by atoms with Crippen molar-refractivity contribution in [3.05, 3.63) is 35.1 Å². The van der Waals surface area contributed by atoms with Crippen LogP contribution in [0.15, 0.2) is 24.0 Å². The molecule has 182 valence electrons. The van der Waals surface area contributed by atoms with Gasteiger partial charge in [-0.1, -0.05) is 19.6 Å². The standard InChI is InChI=1S/C25H37NO6Si/c1-28-20-11-17-7-8-26-24(27)13-18-12-22(32-16-31-9-10-33(4,5)6)23(30-3)15-25(18,26)19(17)14-21(20)29-2/h11,14-15,18,22H,7-10,12-13,16H2,1-6H3/t18?,22-,25-/m1/s1. The minimum atomic E-state index is -1.14. The summed E-state index contributed by atoms with van der Waals surface area (Å²) in [6, 6.07) is 5.19. The van der Waals surface area contributed by atoms with E-state index in [0.29, 0.717) is 37.5 Å². The lowest BCUT2D eigenvalue weighted by Gasteiger charge is -2.48. The molecule has 1 fully saturated rings. The summed E-state index contributed by atoms with van der Waals surface area (Å²) >= 11 is 0. The Balaban J connectivity index is 1.63. The van der Waals surface area contributed by atoms with E-state index in [-0.39, 0.29) is 24.7 Å². The van der Waals surface area contributed by atoms with Crippen LogP contribution in [0.4, 0.5) is 0 Å². The first kappa shape index (κ1) is 24.1. The molecule has 1 spiro atoms. The Morgan fingerprint density at radius 2 is 1.82 bits per heavy atom. The second kappa shape index (κ2) is 9.31. The zero-order valence-electron chi connectivity index (χ0n) is 20.7. The predicted octanol–water partition coefficient (Wildman–Crippen LogP) is 3.94. The molecule has 3 atom stereocenters. The van der Waals surface area contributed by atoms with Gasteiger partial charge in [0.2, 0.25) is 5.91 Å². The van der Waals surface area contributed by atoms with Gasteiger partial charge >= 0.3 is 0 Å². The number of hydrogen-bond acceptors (Lipinski definition) is 6. The number of amides is 1. The largest absolute Gasteiger partial charge is 0.499 e. The molecule has 1 saturated heterocycles. The molecule has 1 aromatic rings. The van der Waals surface area contributed by atoms with Crippen molar-refractivity contribution in [3.63, 3.8) is 0 Å². The molecule has 0 bridgehead atoms. The second-order valence-electron chi connectivity index (χ2n) is 10.4. The number of ether oxygens (including phenoxy) is 5. The van der Waals surface area contributed by atoms with Crippen LogP contribution < -0.4 is 9.47 Å². The number of methoxy groups -OCH3 is 3. The van der Waals surface area contributed by atoms with Gasteiger partial charge in [0, 0.05) is 33.6 Å². The maximum atomic E-state index is 13.1. The third kappa shape index (κ3) is 4.40. The molecule has 1 unspecified atom stereocenters. The molecule has 1 aromatic carbocycles. The third-order valence-electron chi connectivity index (χ3n) is 7.20. The molecule has 2 heterocycles. The molecule has 3 aliphatic rings. The van der Waals surface area contributed by atoms with E-state index in [4.69, 9.17) is 23.7 Å². The summed E-state index contributed by atoms with van der Waals surface area (Å²) in [5, 5.41) is 0. The first-order valence-corrected chi connectivity index (χ1v) is 15.5. The highest BCUT2D eigenvalue weighted by molar-refractivity contribution is 6.76. The molecule has 1 amide bonds. The molecule has 1 aliphatic carbocycles. The van der Waals surface area contributed by atoms with Crippen LogP contribution in [0, 0.1) is 5.92 Å². The number of nitrogens with zero attached hydrogens (tertiary/aromatic N) is 1. The van der Waals surface area contributed by atoms with Crippen LogP contribution in [0.1, 0.15) is 24.0 Å². The highest BCUT2D eigenvalue weighted by Gasteiger charge is 2.58. The van der Waals surface area contributed by atoms with E-state index < -0.39 is 13.6 Å². The number of carbonyl (C=O) groups excluding carboxylic acids is 1. The van der Waals surface area contributed by atoms with Crippen LogP contribution in [-0.4, -0.2) is 66.3 Å². The van der Waals surface area contributed by atoms with Gasteiger partial charge in [-0.05, 0) is 48.2 Å². The fourth-order valence-electron chi connectivity index (χ4n) is 5.44. The molecule has 0 saturated carbocycles. The molecule has 0 radical (unpaired) electrons. The van der Waals surface area contributed by atoms with Crippen molar-refractivity contribution in [2.24, 2.45) is 5.92 Å². The Labute approximate surface area is 198 Å². The summed E-state index contributed by atoms with van der Waals surface area (Å²) in [5.74, 6) is 2.41. The van der Waals surface area contributed by atoms with Gasteiger partial charge in [0.15, 0.2) is 11.5 Å². The highest BCUT2D eigenvalue weighted by atomic mass is 28.3. The number of rotatable bonds is 9. The van der Waals surface area contributed by atoms with Gasteiger partial charge < -0.3 is 28.6 Å². The zero-order valence-corrected chi connectivity index (χ0v) is 21.7. The quantitative estimate of drug-likeness (QED) is 0.306. The molecule has 0 aromatic heterocycles. The lowest BCUT2D eigenvalue weighted by atomic mass is 9.69. The van der Waals surface area contributed by atoms with Gasteiger partial charge in [-0.25, -0.2) is 0 Å². The van der Waals surface area contributed by atoms with Crippen molar-refractivity contribution in [1.82, 2.24) is 4.90 Å². The van der Waals surface area contributed by atoms with Gasteiger partial charge in [-0.15, -0.1) is 0 Å². The molecule has 4 rings (SSSR count). The normalized spacial score (nSPS) is 26.3. The molecule has 33 heavy (non-hydrogen) atoms. The fourth-order valence-corrected chi connectivity index (χ4v) is 6.20. The van der Waals surface area contributed by atoms with Crippen LogP contribution in [-0.2, 0) is 31.0 Å². The molecule has 8 heteroatoms. The number of carbonyl (C=O) groups is 1. The zero-order chi connectivity index (χ0) is 23.8. The van der Waals surface area contributed by atoms with Crippen molar-refractivity contribution in [2.45, 2.75) is 56.6 Å².